The first-order valence-corrected chi connectivity index (χ1v) is 8.73. The normalized spacial score (nSPS) is 12.6. The zero-order chi connectivity index (χ0) is 12.1. The zero-order valence-corrected chi connectivity index (χ0v) is 12.1. The Morgan fingerprint density at radius 3 is 2.65 bits per heavy atom. The summed E-state index contributed by atoms with van der Waals surface area (Å²) >= 11 is 0.0278. The van der Waals surface area contributed by atoms with Gasteiger partial charge in [0.25, 0.3) is 0 Å². The topological polar surface area (TPSA) is 38.7 Å². The van der Waals surface area contributed by atoms with E-state index in [0.717, 1.165) is 12.1 Å². The van der Waals surface area contributed by atoms with Crippen LogP contribution in [0.1, 0.15) is 24.1 Å². The number of aromatic nitrogens is 3. The third-order valence-corrected chi connectivity index (χ3v) is 4.26. The van der Waals surface area contributed by atoms with Gasteiger partial charge in [0.15, 0.2) is 0 Å². The van der Waals surface area contributed by atoms with Crippen LogP contribution in [0.3, 0.4) is 0 Å². The molecule has 0 unspecified atom stereocenters. The van der Waals surface area contributed by atoms with Crippen LogP contribution in [0.15, 0.2) is 36.9 Å². The standard InChI is InChI=1S/C13H15IN3/c1-10(11-3-5-15-6-4-11)7-12-8-16-9-13(14-2)17-12/h3-6,8-10H,7H2,1-2H3/q-1/t10-/m1/s1. The number of nitrogens with zero attached hydrogens (tertiary/aromatic N) is 3. The molecule has 0 fully saturated rings. The molecular weight excluding hydrogens is 325 g/mol. The molecule has 2 aromatic rings. The SMILES string of the molecule is C[I-]c1cncc(C[C@@H](C)c2ccncc2)n1. The third kappa shape index (κ3) is 3.46. The van der Waals surface area contributed by atoms with Gasteiger partial charge in [-0.15, -0.1) is 0 Å². The molecule has 0 amide bonds. The van der Waals surface area contributed by atoms with E-state index in [4.69, 9.17) is 0 Å². The fraction of sp³-hybridized carbons (Fsp3) is 0.308. The van der Waals surface area contributed by atoms with Crippen LogP contribution < -0.4 is 21.2 Å². The number of rotatable bonds is 4. The molecule has 0 aliphatic heterocycles. The summed E-state index contributed by atoms with van der Waals surface area (Å²) in [5.41, 5.74) is 2.40. The van der Waals surface area contributed by atoms with Gasteiger partial charge in [-0.1, -0.05) is 0 Å². The summed E-state index contributed by atoms with van der Waals surface area (Å²) in [6.07, 6.45) is 8.37. The van der Waals surface area contributed by atoms with Crippen molar-refractivity contribution in [2.45, 2.75) is 19.3 Å². The summed E-state index contributed by atoms with van der Waals surface area (Å²) in [4.78, 5) is 15.1. The number of hydrogen-bond donors (Lipinski definition) is 0. The second kappa shape index (κ2) is 6.05. The number of halogens is 1. The van der Waals surface area contributed by atoms with Crippen molar-refractivity contribution in [1.82, 2.24) is 15.0 Å². The van der Waals surface area contributed by atoms with E-state index in [0.29, 0.717) is 5.92 Å². The summed E-state index contributed by atoms with van der Waals surface area (Å²) < 4.78 is 1.17. The second-order valence-corrected chi connectivity index (χ2v) is 6.09. The Bertz CT molecular complexity index is 473. The molecule has 2 rings (SSSR count). The van der Waals surface area contributed by atoms with E-state index in [2.05, 4.69) is 38.9 Å². The Morgan fingerprint density at radius 1 is 1.18 bits per heavy atom. The first kappa shape index (κ1) is 12.4. The van der Waals surface area contributed by atoms with Crippen LogP contribution in [-0.4, -0.2) is 19.9 Å². The fourth-order valence-electron chi connectivity index (χ4n) is 1.69. The maximum absolute atomic E-state index is 4.63. The van der Waals surface area contributed by atoms with Gasteiger partial charge in [0, 0.05) is 0 Å². The summed E-state index contributed by atoms with van der Waals surface area (Å²) in [5.74, 6) is 0.456. The average Bonchev–Trinajstić information content (AvgIpc) is 2.40. The van der Waals surface area contributed by atoms with Crippen LogP contribution in [0.4, 0.5) is 0 Å². The van der Waals surface area contributed by atoms with Crippen molar-refractivity contribution in [3.63, 3.8) is 0 Å². The van der Waals surface area contributed by atoms with Crippen molar-refractivity contribution in [2.75, 3.05) is 4.93 Å². The van der Waals surface area contributed by atoms with Crippen molar-refractivity contribution in [2.24, 2.45) is 0 Å². The van der Waals surface area contributed by atoms with Crippen molar-refractivity contribution >= 4 is 0 Å². The molecule has 0 bridgehead atoms. The Hall–Kier alpha value is -1.04. The van der Waals surface area contributed by atoms with Gasteiger partial charge >= 0.3 is 112 Å². The molecule has 0 aromatic carbocycles. The van der Waals surface area contributed by atoms with E-state index < -0.39 is 0 Å². The molecule has 4 heteroatoms. The van der Waals surface area contributed by atoms with Gasteiger partial charge in [-0.05, 0) is 0 Å². The molecule has 0 aliphatic carbocycles. The van der Waals surface area contributed by atoms with E-state index in [9.17, 15) is 0 Å². The van der Waals surface area contributed by atoms with Gasteiger partial charge in [-0.25, -0.2) is 0 Å². The van der Waals surface area contributed by atoms with Crippen molar-refractivity contribution in [3.05, 3.63) is 51.9 Å². The van der Waals surface area contributed by atoms with E-state index in [1.807, 2.05) is 24.8 Å². The summed E-state index contributed by atoms with van der Waals surface area (Å²) in [7, 11) is 0. The van der Waals surface area contributed by atoms with Crippen LogP contribution >= 0.6 is 0 Å². The first-order chi connectivity index (χ1) is 8.29. The molecule has 17 heavy (non-hydrogen) atoms. The zero-order valence-electron chi connectivity index (χ0n) is 9.97. The maximum atomic E-state index is 4.63. The van der Waals surface area contributed by atoms with E-state index >= 15 is 0 Å². The molecule has 1 atom stereocenters. The van der Waals surface area contributed by atoms with Crippen molar-refractivity contribution in [1.29, 1.82) is 0 Å². The van der Waals surface area contributed by atoms with Crippen LogP contribution in [0.5, 0.6) is 0 Å². The molecular formula is C13H15IN3-. The summed E-state index contributed by atoms with van der Waals surface area (Å²) in [6, 6.07) is 4.13. The van der Waals surface area contributed by atoms with Gasteiger partial charge in [-0.2, -0.15) is 0 Å². The van der Waals surface area contributed by atoms with Crippen LogP contribution in [0.25, 0.3) is 0 Å². The van der Waals surface area contributed by atoms with Gasteiger partial charge in [0.1, 0.15) is 0 Å². The Balaban J connectivity index is 2.10. The van der Waals surface area contributed by atoms with Gasteiger partial charge in [0.05, 0.1) is 0 Å². The van der Waals surface area contributed by atoms with Crippen LogP contribution in [0.2, 0.25) is 0 Å². The molecule has 0 saturated heterocycles. The molecule has 2 heterocycles. The Kier molecular flexibility index (Phi) is 4.42. The second-order valence-electron chi connectivity index (χ2n) is 3.91. The molecule has 0 spiro atoms. The molecule has 0 saturated carbocycles. The monoisotopic (exact) mass is 340 g/mol. The Labute approximate surface area is 112 Å². The van der Waals surface area contributed by atoms with Gasteiger partial charge in [0.2, 0.25) is 0 Å². The van der Waals surface area contributed by atoms with Crippen molar-refractivity contribution < 1.29 is 21.2 Å². The Morgan fingerprint density at radius 2 is 1.94 bits per heavy atom. The minimum absolute atomic E-state index is 0.0278. The van der Waals surface area contributed by atoms with Crippen LogP contribution in [0, 0.1) is 3.70 Å². The number of pyridine rings is 1. The van der Waals surface area contributed by atoms with Crippen molar-refractivity contribution in [3.8, 4) is 0 Å². The van der Waals surface area contributed by atoms with Gasteiger partial charge in [-0.3, -0.25) is 0 Å². The molecule has 90 valence electrons. The van der Waals surface area contributed by atoms with Gasteiger partial charge < -0.3 is 0 Å². The predicted molar refractivity (Wildman–Crippen MR) is 63.0 cm³/mol. The van der Waals surface area contributed by atoms with E-state index in [1.165, 1.54) is 9.26 Å². The molecule has 0 N–H and O–H groups in total. The predicted octanol–water partition coefficient (Wildman–Crippen LogP) is -0.894. The third-order valence-electron chi connectivity index (χ3n) is 2.64. The summed E-state index contributed by atoms with van der Waals surface area (Å²) in [5, 5.41) is 0. The minimum atomic E-state index is 0.0278. The fourth-order valence-corrected chi connectivity index (χ4v) is 2.68. The molecule has 0 radical (unpaired) electrons. The summed E-state index contributed by atoms with van der Waals surface area (Å²) in [6.45, 7) is 2.21. The average molecular weight is 340 g/mol. The number of hydrogen-bond acceptors (Lipinski definition) is 3. The number of alkyl halides is 1. The molecule has 0 aliphatic rings. The van der Waals surface area contributed by atoms with E-state index in [-0.39, 0.29) is 21.2 Å². The molecule has 2 aromatic heterocycles. The molecule has 3 nitrogen and oxygen atoms in total. The van der Waals surface area contributed by atoms with Crippen LogP contribution in [-0.2, 0) is 6.42 Å². The quantitative estimate of drug-likeness (QED) is 0.535. The van der Waals surface area contributed by atoms with E-state index in [1.54, 1.807) is 0 Å². The first-order valence-electron chi connectivity index (χ1n) is 5.50.